The Morgan fingerprint density at radius 2 is 2.22 bits per heavy atom. The summed E-state index contributed by atoms with van der Waals surface area (Å²) >= 11 is 7.38. The number of hydrogen-bond donors (Lipinski definition) is 1. The van der Waals surface area contributed by atoms with Crippen LogP contribution in [0.1, 0.15) is 5.69 Å². The summed E-state index contributed by atoms with van der Waals surface area (Å²) in [4.78, 5) is 0. The van der Waals surface area contributed by atoms with Crippen LogP contribution >= 0.6 is 23.3 Å². The number of hydrogen-bond acceptors (Lipinski definition) is 5. The van der Waals surface area contributed by atoms with Crippen molar-refractivity contribution >= 4 is 40.0 Å². The van der Waals surface area contributed by atoms with E-state index in [0.29, 0.717) is 11.6 Å². The first-order valence-corrected chi connectivity index (χ1v) is 6.48. The van der Waals surface area contributed by atoms with Gasteiger partial charge in [-0.2, -0.15) is 13.8 Å². The van der Waals surface area contributed by atoms with Crippen LogP contribution in [0, 0.1) is 0 Å². The fourth-order valence-electron chi connectivity index (χ4n) is 1.75. The molecule has 0 radical (unpaired) electrons. The van der Waals surface area contributed by atoms with Crippen molar-refractivity contribution in [3.05, 3.63) is 35.1 Å². The van der Waals surface area contributed by atoms with Gasteiger partial charge in [0.1, 0.15) is 11.0 Å². The molecule has 0 aliphatic carbocycles. The van der Waals surface area contributed by atoms with Gasteiger partial charge in [0.05, 0.1) is 34.7 Å². The Bertz CT molecular complexity index is 690. The second kappa shape index (κ2) is 4.55. The minimum atomic E-state index is 0.646. The molecule has 0 aliphatic rings. The Balaban J connectivity index is 1.92. The minimum absolute atomic E-state index is 0.646. The van der Waals surface area contributed by atoms with Crippen LogP contribution in [-0.2, 0) is 13.6 Å². The summed E-state index contributed by atoms with van der Waals surface area (Å²) < 4.78 is 10.3. The molecule has 0 saturated heterocycles. The molecule has 5 nitrogen and oxygen atoms in total. The molecule has 92 valence electrons. The molecular formula is C11H10ClN5S. The zero-order valence-corrected chi connectivity index (χ0v) is 11.2. The summed E-state index contributed by atoms with van der Waals surface area (Å²) in [7, 11) is 1.91. The molecule has 0 bridgehead atoms. The molecule has 18 heavy (non-hydrogen) atoms. The highest BCUT2D eigenvalue weighted by Crippen LogP contribution is 2.30. The molecule has 1 aromatic carbocycles. The monoisotopic (exact) mass is 279 g/mol. The van der Waals surface area contributed by atoms with E-state index in [2.05, 4.69) is 19.2 Å². The first kappa shape index (κ1) is 11.4. The predicted octanol–water partition coefficient (Wildman–Crippen LogP) is 2.69. The lowest BCUT2D eigenvalue weighted by Crippen LogP contribution is -2.06. The largest absolute Gasteiger partial charge is 0.376 e. The fraction of sp³-hybridized carbons (Fsp3) is 0.182. The molecule has 2 heterocycles. The molecule has 0 unspecified atom stereocenters. The average molecular weight is 280 g/mol. The van der Waals surface area contributed by atoms with Crippen LogP contribution in [0.2, 0.25) is 5.02 Å². The number of aromatic nitrogens is 4. The van der Waals surface area contributed by atoms with Crippen LogP contribution in [0.4, 0.5) is 5.69 Å². The first-order chi connectivity index (χ1) is 8.75. The topological polar surface area (TPSA) is 55.6 Å². The standard InChI is InChI=1S/C11H10ClN5S/c1-17-7(4-5-14-17)6-13-10-8(12)2-3-9-11(10)16-18-15-9/h2-5,13H,6H2,1H3. The van der Waals surface area contributed by atoms with Crippen molar-refractivity contribution in [1.82, 2.24) is 18.5 Å². The van der Waals surface area contributed by atoms with Gasteiger partial charge >= 0.3 is 0 Å². The number of aryl methyl sites for hydroxylation is 1. The van der Waals surface area contributed by atoms with Gasteiger partial charge in [0.2, 0.25) is 0 Å². The van der Waals surface area contributed by atoms with Gasteiger partial charge in [-0.1, -0.05) is 11.6 Å². The van der Waals surface area contributed by atoms with Gasteiger partial charge in [0.25, 0.3) is 0 Å². The summed E-state index contributed by atoms with van der Waals surface area (Å²) in [5.41, 5.74) is 3.57. The molecule has 2 aromatic heterocycles. The van der Waals surface area contributed by atoms with E-state index in [1.807, 2.05) is 29.9 Å². The third kappa shape index (κ3) is 1.93. The Morgan fingerprint density at radius 3 is 3.00 bits per heavy atom. The Labute approximate surface area is 113 Å². The maximum atomic E-state index is 6.19. The highest BCUT2D eigenvalue weighted by Gasteiger charge is 2.10. The van der Waals surface area contributed by atoms with Gasteiger partial charge in [-0.3, -0.25) is 4.68 Å². The molecule has 0 atom stereocenters. The fourth-order valence-corrected chi connectivity index (χ4v) is 2.51. The summed E-state index contributed by atoms with van der Waals surface area (Å²) in [6.45, 7) is 0.646. The lowest BCUT2D eigenvalue weighted by atomic mass is 10.2. The quantitative estimate of drug-likeness (QED) is 0.801. The van der Waals surface area contributed by atoms with Crippen LogP contribution in [0.15, 0.2) is 24.4 Å². The van der Waals surface area contributed by atoms with E-state index in [4.69, 9.17) is 11.6 Å². The average Bonchev–Trinajstić information content (AvgIpc) is 2.97. The third-order valence-electron chi connectivity index (χ3n) is 2.75. The predicted molar refractivity (Wildman–Crippen MR) is 73.0 cm³/mol. The summed E-state index contributed by atoms with van der Waals surface area (Å²) in [6.07, 6.45) is 1.77. The van der Waals surface area contributed by atoms with Crippen LogP contribution in [-0.4, -0.2) is 18.5 Å². The number of rotatable bonds is 3. The summed E-state index contributed by atoms with van der Waals surface area (Å²) in [5, 5.41) is 8.07. The number of nitrogens with one attached hydrogen (secondary N) is 1. The van der Waals surface area contributed by atoms with Gasteiger partial charge in [-0.05, 0) is 18.2 Å². The maximum absolute atomic E-state index is 6.19. The number of halogens is 1. The van der Waals surface area contributed by atoms with E-state index in [9.17, 15) is 0 Å². The van der Waals surface area contributed by atoms with Gasteiger partial charge in [0.15, 0.2) is 0 Å². The van der Waals surface area contributed by atoms with Gasteiger partial charge in [-0.15, -0.1) is 0 Å². The van der Waals surface area contributed by atoms with Crippen molar-refractivity contribution in [2.24, 2.45) is 7.05 Å². The smallest absolute Gasteiger partial charge is 0.129 e. The van der Waals surface area contributed by atoms with E-state index < -0.39 is 0 Å². The van der Waals surface area contributed by atoms with Crippen LogP contribution in [0.3, 0.4) is 0 Å². The van der Waals surface area contributed by atoms with E-state index in [0.717, 1.165) is 22.4 Å². The first-order valence-electron chi connectivity index (χ1n) is 5.37. The van der Waals surface area contributed by atoms with Crippen LogP contribution in [0.5, 0.6) is 0 Å². The number of benzene rings is 1. The van der Waals surface area contributed by atoms with Crippen molar-refractivity contribution in [3.8, 4) is 0 Å². The molecule has 0 spiro atoms. The van der Waals surface area contributed by atoms with E-state index in [-0.39, 0.29) is 0 Å². The van der Waals surface area contributed by atoms with Gasteiger partial charge in [-0.25, -0.2) is 0 Å². The Kier molecular flexibility index (Phi) is 2.89. The lowest BCUT2D eigenvalue weighted by molar-refractivity contribution is 0.720. The lowest BCUT2D eigenvalue weighted by Gasteiger charge is -2.08. The molecule has 0 saturated carbocycles. The van der Waals surface area contributed by atoms with E-state index in [1.54, 1.807) is 6.20 Å². The molecule has 0 fully saturated rings. The Morgan fingerprint density at radius 1 is 1.33 bits per heavy atom. The zero-order valence-electron chi connectivity index (χ0n) is 9.59. The van der Waals surface area contributed by atoms with Crippen molar-refractivity contribution in [1.29, 1.82) is 0 Å². The third-order valence-corrected chi connectivity index (χ3v) is 3.60. The van der Waals surface area contributed by atoms with Crippen molar-refractivity contribution < 1.29 is 0 Å². The highest BCUT2D eigenvalue weighted by atomic mass is 35.5. The Hall–Kier alpha value is -1.66. The highest BCUT2D eigenvalue weighted by molar-refractivity contribution is 7.00. The molecule has 7 heteroatoms. The van der Waals surface area contributed by atoms with Gasteiger partial charge < -0.3 is 5.32 Å². The number of anilines is 1. The minimum Gasteiger partial charge on any atom is -0.376 e. The van der Waals surface area contributed by atoms with Crippen molar-refractivity contribution in [2.75, 3.05) is 5.32 Å². The molecular weight excluding hydrogens is 270 g/mol. The van der Waals surface area contributed by atoms with E-state index >= 15 is 0 Å². The maximum Gasteiger partial charge on any atom is 0.129 e. The summed E-state index contributed by atoms with van der Waals surface area (Å²) in [5.74, 6) is 0. The molecule has 1 N–H and O–H groups in total. The molecule has 3 rings (SSSR count). The zero-order chi connectivity index (χ0) is 12.5. The van der Waals surface area contributed by atoms with E-state index in [1.165, 1.54) is 11.7 Å². The van der Waals surface area contributed by atoms with Crippen LogP contribution < -0.4 is 5.32 Å². The SMILES string of the molecule is Cn1nccc1CNc1c(Cl)ccc2nsnc12. The van der Waals surface area contributed by atoms with Crippen molar-refractivity contribution in [2.45, 2.75) is 6.54 Å². The number of nitrogens with zero attached hydrogens (tertiary/aromatic N) is 4. The second-order valence-corrected chi connectivity index (χ2v) is 4.79. The molecule has 3 aromatic rings. The van der Waals surface area contributed by atoms with Crippen LogP contribution in [0.25, 0.3) is 11.0 Å². The molecule has 0 amide bonds. The van der Waals surface area contributed by atoms with Crippen molar-refractivity contribution in [3.63, 3.8) is 0 Å². The molecule has 0 aliphatic heterocycles. The normalized spacial score (nSPS) is 11.0. The van der Waals surface area contributed by atoms with Gasteiger partial charge in [0, 0.05) is 13.2 Å². The second-order valence-electron chi connectivity index (χ2n) is 3.85. The summed E-state index contributed by atoms with van der Waals surface area (Å²) in [6, 6.07) is 5.66. The number of fused-ring (bicyclic) bond motifs is 1.